The summed E-state index contributed by atoms with van der Waals surface area (Å²) in [4.78, 5) is 16.3. The Morgan fingerprint density at radius 3 is 2.73 bits per heavy atom. The Labute approximate surface area is 223 Å². The molecule has 0 amide bonds. The number of nitrogens with one attached hydrogen (secondary N) is 2. The van der Waals surface area contributed by atoms with Gasteiger partial charge in [0.25, 0.3) is 0 Å². The van der Waals surface area contributed by atoms with Gasteiger partial charge < -0.3 is 15.0 Å². The van der Waals surface area contributed by atoms with Gasteiger partial charge in [0, 0.05) is 31.9 Å². The molecular formula is C24H21ClF2N6O2S2. The predicted molar refractivity (Wildman–Crippen MR) is 143 cm³/mol. The zero-order valence-corrected chi connectivity index (χ0v) is 21.9. The lowest BCUT2D eigenvalue weighted by Crippen LogP contribution is -2.36. The normalized spacial score (nSPS) is 14.4. The molecule has 0 radical (unpaired) electrons. The number of hydrogen-bond donors (Lipinski definition) is 2. The number of rotatable bonds is 7. The van der Waals surface area contributed by atoms with E-state index in [1.807, 2.05) is 0 Å². The Hall–Kier alpha value is -3.19. The molecule has 0 saturated carbocycles. The molecule has 1 saturated heterocycles. The second-order valence-electron chi connectivity index (χ2n) is 7.90. The maximum atomic E-state index is 14.2. The first-order valence-corrected chi connectivity index (χ1v) is 13.6. The summed E-state index contributed by atoms with van der Waals surface area (Å²) in [6.45, 7) is 2.60. The molecule has 192 valence electrons. The van der Waals surface area contributed by atoms with Gasteiger partial charge in [-0.1, -0.05) is 35.1 Å². The van der Waals surface area contributed by atoms with Crippen molar-refractivity contribution in [2.45, 2.75) is 4.90 Å². The molecule has 1 aliphatic rings. The highest BCUT2D eigenvalue weighted by Gasteiger charge is 2.24. The van der Waals surface area contributed by atoms with Gasteiger partial charge in [0.2, 0.25) is 5.95 Å². The van der Waals surface area contributed by atoms with E-state index in [0.717, 1.165) is 28.2 Å². The fourth-order valence-electron chi connectivity index (χ4n) is 3.73. The van der Waals surface area contributed by atoms with E-state index < -0.39 is 22.6 Å². The van der Waals surface area contributed by atoms with Gasteiger partial charge in [-0.3, -0.25) is 4.72 Å². The Kier molecular flexibility index (Phi) is 7.60. The molecule has 3 heterocycles. The molecule has 1 aliphatic heterocycles. The summed E-state index contributed by atoms with van der Waals surface area (Å²) < 4.78 is 48.8. The number of thiazole rings is 1. The van der Waals surface area contributed by atoms with Crippen LogP contribution in [0.1, 0.15) is 0 Å². The number of ether oxygens (including phenoxy) is 1. The van der Waals surface area contributed by atoms with Crippen molar-refractivity contribution in [1.82, 2.24) is 15.0 Å². The average Bonchev–Trinajstić information content (AvgIpc) is 3.37. The molecule has 1 fully saturated rings. The molecule has 4 aromatic rings. The van der Waals surface area contributed by atoms with E-state index in [9.17, 15) is 13.0 Å². The third-order valence-electron chi connectivity index (χ3n) is 5.56. The standard InChI is InChI=1S/C24H21ClF2N6O2S2/c1-28-23-29-8-7-18(30-23)22-21(31-24(36-22)33-9-11-35-12-10-33)15-3-2-4-17(20(15)25)32-37(34)19-13-14(26)5-6-16(19)27/h2-8,13,32H,9-12H2,1H3,(H,28,29,30). The summed E-state index contributed by atoms with van der Waals surface area (Å²) in [7, 11) is -0.358. The van der Waals surface area contributed by atoms with E-state index in [1.54, 1.807) is 37.5 Å². The highest BCUT2D eigenvalue weighted by molar-refractivity contribution is 7.86. The molecule has 0 aliphatic carbocycles. The topological polar surface area (TPSA) is 92.3 Å². The maximum absolute atomic E-state index is 14.2. The van der Waals surface area contributed by atoms with Gasteiger partial charge in [0.05, 0.1) is 45.1 Å². The van der Waals surface area contributed by atoms with Crippen molar-refractivity contribution in [2.24, 2.45) is 0 Å². The molecule has 2 aromatic carbocycles. The Morgan fingerprint density at radius 1 is 1.14 bits per heavy atom. The van der Waals surface area contributed by atoms with Gasteiger partial charge in [-0.25, -0.2) is 27.9 Å². The number of halogens is 3. The molecule has 1 atom stereocenters. The van der Waals surface area contributed by atoms with E-state index in [1.165, 1.54) is 11.3 Å². The number of nitrogens with zero attached hydrogens (tertiary/aromatic N) is 4. The third-order valence-corrected chi connectivity index (χ3v) is 8.22. The minimum Gasteiger partial charge on any atom is -0.378 e. The van der Waals surface area contributed by atoms with E-state index in [0.29, 0.717) is 49.2 Å². The van der Waals surface area contributed by atoms with Crippen LogP contribution in [0.5, 0.6) is 0 Å². The van der Waals surface area contributed by atoms with Gasteiger partial charge in [-0.15, -0.1) is 0 Å². The summed E-state index contributed by atoms with van der Waals surface area (Å²) in [5, 5.41) is 3.96. The molecule has 0 bridgehead atoms. The van der Waals surface area contributed by atoms with Crippen LogP contribution in [-0.4, -0.2) is 52.5 Å². The van der Waals surface area contributed by atoms with Crippen LogP contribution in [0.4, 0.5) is 25.5 Å². The number of morpholine rings is 1. The first kappa shape index (κ1) is 25.5. The van der Waals surface area contributed by atoms with Gasteiger partial charge in [0.15, 0.2) is 16.1 Å². The number of aromatic nitrogens is 3. The second kappa shape index (κ2) is 11.1. The van der Waals surface area contributed by atoms with Crippen LogP contribution in [0.15, 0.2) is 53.6 Å². The van der Waals surface area contributed by atoms with Crippen molar-refractivity contribution in [1.29, 1.82) is 0 Å². The SMILES string of the molecule is CNc1nccc(-c2sc(N3CCOCC3)nc2-c2cccc(NS(=O)c3cc(F)ccc3F)c2Cl)n1. The van der Waals surface area contributed by atoms with Gasteiger partial charge in [-0.05, 0) is 30.3 Å². The Balaban J connectivity index is 1.56. The highest BCUT2D eigenvalue weighted by atomic mass is 35.5. The van der Waals surface area contributed by atoms with Gasteiger partial charge in [-0.2, -0.15) is 0 Å². The zero-order valence-electron chi connectivity index (χ0n) is 19.5. The molecule has 2 aromatic heterocycles. The lowest BCUT2D eigenvalue weighted by atomic mass is 10.1. The third kappa shape index (κ3) is 5.42. The molecule has 2 N–H and O–H groups in total. The van der Waals surface area contributed by atoms with Gasteiger partial charge in [0.1, 0.15) is 11.6 Å². The largest absolute Gasteiger partial charge is 0.378 e. The smallest absolute Gasteiger partial charge is 0.222 e. The van der Waals surface area contributed by atoms with Crippen molar-refractivity contribution < 1.29 is 17.7 Å². The van der Waals surface area contributed by atoms with Crippen LogP contribution in [-0.2, 0) is 15.7 Å². The Bertz CT molecular complexity index is 1470. The lowest BCUT2D eigenvalue weighted by Gasteiger charge is -2.26. The zero-order chi connectivity index (χ0) is 25.9. The number of hydrogen-bond acceptors (Lipinski definition) is 8. The summed E-state index contributed by atoms with van der Waals surface area (Å²) in [6, 6.07) is 9.70. The number of benzene rings is 2. The first-order valence-electron chi connectivity index (χ1n) is 11.2. The molecule has 1 unspecified atom stereocenters. The van der Waals surface area contributed by atoms with Crippen molar-refractivity contribution in [2.75, 3.05) is 48.3 Å². The second-order valence-corrected chi connectivity index (χ2v) is 10.4. The summed E-state index contributed by atoms with van der Waals surface area (Å²) in [5.41, 5.74) is 2.10. The van der Waals surface area contributed by atoms with Crippen molar-refractivity contribution >= 4 is 50.7 Å². The van der Waals surface area contributed by atoms with E-state index >= 15 is 0 Å². The fraction of sp³-hybridized carbons (Fsp3) is 0.208. The maximum Gasteiger partial charge on any atom is 0.222 e. The van der Waals surface area contributed by atoms with Crippen LogP contribution >= 0.6 is 22.9 Å². The first-order chi connectivity index (χ1) is 17.9. The molecule has 0 spiro atoms. The van der Waals surface area contributed by atoms with Crippen LogP contribution in [0.25, 0.3) is 21.8 Å². The van der Waals surface area contributed by atoms with Crippen LogP contribution in [0, 0.1) is 11.6 Å². The molecule has 5 rings (SSSR count). The minimum atomic E-state index is -2.09. The lowest BCUT2D eigenvalue weighted by molar-refractivity contribution is 0.122. The summed E-state index contributed by atoms with van der Waals surface area (Å²) in [5.74, 6) is -1.03. The van der Waals surface area contributed by atoms with Crippen molar-refractivity contribution in [3.05, 3.63) is 65.3 Å². The van der Waals surface area contributed by atoms with E-state index in [-0.39, 0.29) is 15.6 Å². The quantitative estimate of drug-likeness (QED) is 0.319. The monoisotopic (exact) mass is 562 g/mol. The number of anilines is 3. The summed E-state index contributed by atoms with van der Waals surface area (Å²) in [6.07, 6.45) is 1.66. The molecule has 37 heavy (non-hydrogen) atoms. The average molecular weight is 563 g/mol. The van der Waals surface area contributed by atoms with Gasteiger partial charge >= 0.3 is 0 Å². The summed E-state index contributed by atoms with van der Waals surface area (Å²) >= 11 is 8.25. The Morgan fingerprint density at radius 2 is 1.95 bits per heavy atom. The van der Waals surface area contributed by atoms with Crippen LogP contribution in [0.2, 0.25) is 5.02 Å². The fourth-order valence-corrected chi connectivity index (χ4v) is 6.09. The van der Waals surface area contributed by atoms with Crippen LogP contribution in [0.3, 0.4) is 0 Å². The molecule has 13 heteroatoms. The minimum absolute atomic E-state index is 0.232. The highest BCUT2D eigenvalue weighted by Crippen LogP contribution is 2.44. The van der Waals surface area contributed by atoms with Crippen LogP contribution < -0.4 is 14.9 Å². The van der Waals surface area contributed by atoms with Crippen molar-refractivity contribution in [3.8, 4) is 21.8 Å². The van der Waals surface area contributed by atoms with E-state index in [4.69, 9.17) is 21.3 Å². The molecule has 8 nitrogen and oxygen atoms in total. The predicted octanol–water partition coefficient (Wildman–Crippen LogP) is 5.21. The van der Waals surface area contributed by atoms with Crippen molar-refractivity contribution in [3.63, 3.8) is 0 Å². The molecular weight excluding hydrogens is 542 g/mol. The van der Waals surface area contributed by atoms with E-state index in [2.05, 4.69) is 24.9 Å².